The fourth-order valence-corrected chi connectivity index (χ4v) is 3.11. The van der Waals surface area contributed by atoms with Gasteiger partial charge in [0.15, 0.2) is 5.78 Å². The summed E-state index contributed by atoms with van der Waals surface area (Å²) in [6.45, 7) is 12.4. The van der Waals surface area contributed by atoms with E-state index in [1.807, 2.05) is 26.0 Å². The van der Waals surface area contributed by atoms with Gasteiger partial charge in [0.25, 0.3) is 0 Å². The van der Waals surface area contributed by atoms with Gasteiger partial charge in [-0.2, -0.15) is 0 Å². The molecule has 1 aromatic rings. The lowest BCUT2D eigenvalue weighted by molar-refractivity contribution is -0.137. The molecule has 1 atom stereocenters. The molecule has 116 valence electrons. The van der Waals surface area contributed by atoms with E-state index in [1.165, 1.54) is 5.56 Å². The average molecular weight is 290 g/mol. The molecule has 0 bridgehead atoms. The highest BCUT2D eigenvalue weighted by Gasteiger charge is 2.21. The van der Waals surface area contributed by atoms with Crippen molar-refractivity contribution in [3.8, 4) is 0 Å². The second kappa shape index (κ2) is 6.42. The largest absolute Gasteiger partial charge is 0.481 e. The number of hydrogen-bond acceptors (Lipinski definition) is 2. The molecule has 0 aliphatic carbocycles. The lowest BCUT2D eigenvalue weighted by atomic mass is 9.80. The highest BCUT2D eigenvalue weighted by Crippen LogP contribution is 2.30. The lowest BCUT2D eigenvalue weighted by Gasteiger charge is -2.25. The number of carboxylic acids is 1. The van der Waals surface area contributed by atoms with E-state index in [4.69, 9.17) is 5.11 Å². The van der Waals surface area contributed by atoms with Gasteiger partial charge in [0.2, 0.25) is 0 Å². The second-order valence-electron chi connectivity index (χ2n) is 7.07. The average Bonchev–Trinajstić information content (AvgIpc) is 2.24. The summed E-state index contributed by atoms with van der Waals surface area (Å²) in [5, 5.41) is 8.77. The first kappa shape index (κ1) is 17.4. The van der Waals surface area contributed by atoms with E-state index in [0.29, 0.717) is 5.56 Å². The number of carboxylic acid groups (broad SMARTS) is 1. The Kier molecular flexibility index (Phi) is 5.32. The molecule has 3 heteroatoms. The molecule has 0 aliphatic rings. The summed E-state index contributed by atoms with van der Waals surface area (Å²) in [4.78, 5) is 23.0. The van der Waals surface area contributed by atoms with Crippen molar-refractivity contribution >= 4 is 11.8 Å². The topological polar surface area (TPSA) is 54.4 Å². The summed E-state index contributed by atoms with van der Waals surface area (Å²) in [5.41, 5.74) is 4.26. The van der Waals surface area contributed by atoms with Gasteiger partial charge in [-0.15, -0.1) is 0 Å². The van der Waals surface area contributed by atoms with Crippen LogP contribution in [0, 0.1) is 19.8 Å². The van der Waals surface area contributed by atoms with Gasteiger partial charge in [0.1, 0.15) is 0 Å². The molecule has 1 N–H and O–H groups in total. The van der Waals surface area contributed by atoms with Crippen molar-refractivity contribution in [1.82, 2.24) is 0 Å². The van der Waals surface area contributed by atoms with E-state index < -0.39 is 5.97 Å². The maximum Gasteiger partial charge on any atom is 0.303 e. The summed E-state index contributed by atoms with van der Waals surface area (Å²) in [5.74, 6) is -0.973. The summed E-state index contributed by atoms with van der Waals surface area (Å²) in [7, 11) is 0. The van der Waals surface area contributed by atoms with Gasteiger partial charge in [-0.25, -0.2) is 0 Å². The van der Waals surface area contributed by atoms with Gasteiger partial charge < -0.3 is 5.11 Å². The summed E-state index contributed by atoms with van der Waals surface area (Å²) in [6.07, 6.45) is 0.309. The first-order valence-electron chi connectivity index (χ1n) is 7.39. The van der Waals surface area contributed by atoms with E-state index in [0.717, 1.165) is 11.1 Å². The summed E-state index contributed by atoms with van der Waals surface area (Å²) in [6, 6.07) is 3.87. The number of aryl methyl sites for hydroxylation is 2. The molecule has 0 saturated carbocycles. The minimum atomic E-state index is -0.856. The molecule has 0 aliphatic heterocycles. The predicted molar refractivity (Wildman–Crippen MR) is 85.0 cm³/mol. The Morgan fingerprint density at radius 1 is 1.10 bits per heavy atom. The minimum absolute atomic E-state index is 0.0235. The van der Waals surface area contributed by atoms with Crippen LogP contribution < -0.4 is 0 Å². The van der Waals surface area contributed by atoms with Crippen molar-refractivity contribution in [3.05, 3.63) is 34.4 Å². The Balaban J connectivity index is 3.01. The van der Waals surface area contributed by atoms with E-state index >= 15 is 0 Å². The molecule has 3 nitrogen and oxygen atoms in total. The van der Waals surface area contributed by atoms with Gasteiger partial charge in [-0.05, 0) is 54.0 Å². The van der Waals surface area contributed by atoms with E-state index in [1.54, 1.807) is 6.92 Å². The predicted octanol–water partition coefficient (Wildman–Crippen LogP) is 4.28. The molecule has 21 heavy (non-hydrogen) atoms. The van der Waals surface area contributed by atoms with E-state index in [2.05, 4.69) is 20.8 Å². The lowest BCUT2D eigenvalue weighted by Crippen LogP contribution is -2.17. The van der Waals surface area contributed by atoms with Crippen molar-refractivity contribution in [3.63, 3.8) is 0 Å². The molecule has 0 amide bonds. The SMILES string of the molecule is Cc1cc(C(=O)CC(C)CC(=O)O)cc(C)c1C(C)(C)C. The van der Waals surface area contributed by atoms with Crippen molar-refractivity contribution in [2.75, 3.05) is 0 Å². The first-order chi connectivity index (χ1) is 9.52. The Morgan fingerprint density at radius 2 is 1.57 bits per heavy atom. The number of aliphatic carboxylic acids is 1. The van der Waals surface area contributed by atoms with E-state index in [-0.39, 0.29) is 30.0 Å². The van der Waals surface area contributed by atoms with Crippen molar-refractivity contribution in [1.29, 1.82) is 0 Å². The number of carbonyl (C=O) groups is 2. The van der Waals surface area contributed by atoms with Crippen LogP contribution in [0.3, 0.4) is 0 Å². The maximum absolute atomic E-state index is 12.3. The van der Waals surface area contributed by atoms with E-state index in [9.17, 15) is 9.59 Å². The van der Waals surface area contributed by atoms with Crippen LogP contribution in [0.4, 0.5) is 0 Å². The van der Waals surface area contributed by atoms with Crippen LogP contribution in [0.2, 0.25) is 0 Å². The molecule has 0 aromatic heterocycles. The monoisotopic (exact) mass is 290 g/mol. The maximum atomic E-state index is 12.3. The van der Waals surface area contributed by atoms with Crippen LogP contribution in [-0.2, 0) is 10.2 Å². The Morgan fingerprint density at radius 3 is 1.95 bits per heavy atom. The molecular formula is C18H26O3. The number of carbonyl (C=O) groups excluding carboxylic acids is 1. The van der Waals surface area contributed by atoms with Crippen molar-refractivity contribution < 1.29 is 14.7 Å². The molecule has 0 heterocycles. The number of benzene rings is 1. The van der Waals surface area contributed by atoms with Gasteiger partial charge >= 0.3 is 5.97 Å². The Bertz CT molecular complexity index is 527. The van der Waals surface area contributed by atoms with Gasteiger partial charge in [0.05, 0.1) is 0 Å². The van der Waals surface area contributed by atoms with Crippen LogP contribution in [0.15, 0.2) is 12.1 Å². The standard InChI is InChI=1S/C18H26O3/c1-11(8-16(20)21)7-15(19)14-9-12(2)17(13(3)10-14)18(4,5)6/h9-11H,7-8H2,1-6H3,(H,20,21). The third-order valence-corrected chi connectivity index (χ3v) is 3.66. The third-order valence-electron chi connectivity index (χ3n) is 3.66. The first-order valence-corrected chi connectivity index (χ1v) is 7.39. The van der Waals surface area contributed by atoms with Crippen LogP contribution in [0.5, 0.6) is 0 Å². The molecule has 0 spiro atoms. The Labute approximate surface area is 127 Å². The zero-order chi connectivity index (χ0) is 16.4. The Hall–Kier alpha value is -1.64. The van der Waals surface area contributed by atoms with Crippen molar-refractivity contribution in [2.24, 2.45) is 5.92 Å². The highest BCUT2D eigenvalue weighted by atomic mass is 16.4. The highest BCUT2D eigenvalue weighted by molar-refractivity contribution is 5.97. The number of rotatable bonds is 5. The molecule has 1 rings (SSSR count). The second-order valence-corrected chi connectivity index (χ2v) is 7.07. The third kappa shape index (κ3) is 4.69. The van der Waals surface area contributed by atoms with Gasteiger partial charge in [-0.1, -0.05) is 27.7 Å². The number of Topliss-reactive ketones (excluding diaryl/α,β-unsaturated/α-hetero) is 1. The zero-order valence-electron chi connectivity index (χ0n) is 13.9. The number of hydrogen-bond donors (Lipinski definition) is 1. The molecule has 1 aromatic carbocycles. The van der Waals surface area contributed by atoms with Crippen molar-refractivity contribution in [2.45, 2.75) is 59.8 Å². The normalized spacial score (nSPS) is 13.0. The van der Waals surface area contributed by atoms with Crippen LogP contribution >= 0.6 is 0 Å². The number of ketones is 1. The minimum Gasteiger partial charge on any atom is -0.481 e. The quantitative estimate of drug-likeness (QED) is 0.823. The zero-order valence-corrected chi connectivity index (χ0v) is 13.9. The molecule has 0 saturated heterocycles. The fraction of sp³-hybridized carbons (Fsp3) is 0.556. The van der Waals surface area contributed by atoms with Crippen LogP contribution in [-0.4, -0.2) is 16.9 Å². The molecule has 0 radical (unpaired) electrons. The summed E-state index contributed by atoms with van der Waals surface area (Å²) >= 11 is 0. The molecular weight excluding hydrogens is 264 g/mol. The molecule has 1 unspecified atom stereocenters. The molecule has 0 fully saturated rings. The van der Waals surface area contributed by atoms with Crippen LogP contribution in [0.1, 0.15) is 67.6 Å². The summed E-state index contributed by atoms with van der Waals surface area (Å²) < 4.78 is 0. The van der Waals surface area contributed by atoms with Crippen LogP contribution in [0.25, 0.3) is 0 Å². The van der Waals surface area contributed by atoms with Gasteiger partial charge in [-0.3, -0.25) is 9.59 Å². The van der Waals surface area contributed by atoms with Gasteiger partial charge in [0, 0.05) is 18.4 Å². The smallest absolute Gasteiger partial charge is 0.303 e. The fourth-order valence-electron chi connectivity index (χ4n) is 3.11.